The average Bonchev–Trinajstić information content (AvgIpc) is 3.03. The van der Waals surface area contributed by atoms with Crippen LogP contribution in [0, 0.1) is 0 Å². The van der Waals surface area contributed by atoms with Crippen molar-refractivity contribution in [1.29, 1.82) is 0 Å². The van der Waals surface area contributed by atoms with E-state index in [4.69, 9.17) is 9.26 Å². The Hall–Kier alpha value is -2.82. The Morgan fingerprint density at radius 2 is 1.96 bits per heavy atom. The smallest absolute Gasteiger partial charge is 0.226 e. The summed E-state index contributed by atoms with van der Waals surface area (Å²) in [5.74, 6) is 0.857. The second-order valence-electron chi connectivity index (χ2n) is 7.30. The topological polar surface area (TPSA) is 64.4 Å². The molecule has 2 heterocycles. The molecule has 0 unspecified atom stereocenters. The Balaban J connectivity index is 1.37. The normalized spacial score (nSPS) is 20.2. The zero-order valence-corrected chi connectivity index (χ0v) is 14.4. The van der Waals surface area contributed by atoms with E-state index in [9.17, 15) is 4.79 Å². The van der Waals surface area contributed by atoms with Crippen molar-refractivity contribution in [2.24, 2.45) is 0 Å². The van der Waals surface area contributed by atoms with Gasteiger partial charge in [-0.3, -0.25) is 4.79 Å². The highest BCUT2D eigenvalue weighted by Gasteiger charge is 2.45. The summed E-state index contributed by atoms with van der Waals surface area (Å²) < 4.78 is 11.6. The quantitative estimate of drug-likeness (QED) is 0.779. The van der Waals surface area contributed by atoms with E-state index in [0.717, 1.165) is 36.0 Å². The minimum absolute atomic E-state index is 0.0223. The van der Waals surface area contributed by atoms with Crippen molar-refractivity contribution in [3.8, 4) is 5.75 Å². The largest absolute Gasteiger partial charge is 0.487 e. The van der Waals surface area contributed by atoms with E-state index >= 15 is 0 Å². The molecule has 2 aromatic carbocycles. The van der Waals surface area contributed by atoms with Crippen LogP contribution in [0.25, 0.3) is 11.0 Å². The fourth-order valence-corrected chi connectivity index (χ4v) is 4.09. The SMILES string of the molecule is O=C(Cc1noc2ccccc12)N[C@@H]1CC2(CCC2)Oc2ccccc21. The van der Waals surface area contributed by atoms with Crippen LogP contribution in [0.15, 0.2) is 53.1 Å². The third-order valence-corrected chi connectivity index (χ3v) is 5.58. The van der Waals surface area contributed by atoms with Crippen molar-refractivity contribution in [1.82, 2.24) is 10.5 Å². The van der Waals surface area contributed by atoms with Gasteiger partial charge in [0.2, 0.25) is 5.91 Å². The van der Waals surface area contributed by atoms with Crippen LogP contribution in [0.3, 0.4) is 0 Å². The lowest BCUT2D eigenvalue weighted by atomic mass is 9.73. The third-order valence-electron chi connectivity index (χ3n) is 5.58. The maximum absolute atomic E-state index is 12.7. The molecule has 3 aromatic rings. The van der Waals surface area contributed by atoms with Gasteiger partial charge in [-0.1, -0.05) is 35.5 Å². The second kappa shape index (κ2) is 5.87. The number of benzene rings is 2. The standard InChI is InChI=1S/C21H20N2O3/c24-20(12-16-14-6-2-4-9-19(14)26-23-16)22-17-13-21(10-5-11-21)25-18-8-3-1-7-15(17)18/h1-4,6-9,17H,5,10-13H2,(H,22,24)/t17-/m1/s1. The fourth-order valence-electron chi connectivity index (χ4n) is 4.09. The van der Waals surface area contributed by atoms with Crippen LogP contribution in [0.1, 0.15) is 43.0 Å². The van der Waals surface area contributed by atoms with Gasteiger partial charge in [0.25, 0.3) is 0 Å². The first-order chi connectivity index (χ1) is 12.7. The maximum atomic E-state index is 12.7. The second-order valence-corrected chi connectivity index (χ2v) is 7.30. The molecule has 1 aromatic heterocycles. The summed E-state index contributed by atoms with van der Waals surface area (Å²) in [5, 5.41) is 8.16. The van der Waals surface area contributed by atoms with E-state index in [1.54, 1.807) is 0 Å². The van der Waals surface area contributed by atoms with Gasteiger partial charge in [0.15, 0.2) is 5.58 Å². The zero-order chi connectivity index (χ0) is 17.6. The Kier molecular flexibility index (Phi) is 3.48. The van der Waals surface area contributed by atoms with Crippen LogP contribution in [-0.2, 0) is 11.2 Å². The molecule has 0 saturated heterocycles. The molecule has 132 valence electrons. The summed E-state index contributed by atoms with van der Waals surface area (Å²) in [6.07, 6.45) is 4.34. The van der Waals surface area contributed by atoms with Crippen LogP contribution in [0.4, 0.5) is 0 Å². The summed E-state index contributed by atoms with van der Waals surface area (Å²) in [6.45, 7) is 0. The molecular weight excluding hydrogens is 328 g/mol. The van der Waals surface area contributed by atoms with Crippen LogP contribution >= 0.6 is 0 Å². The number of ether oxygens (including phenoxy) is 1. The minimum Gasteiger partial charge on any atom is -0.487 e. The number of carbonyl (C=O) groups is 1. The highest BCUT2D eigenvalue weighted by molar-refractivity contribution is 5.86. The lowest BCUT2D eigenvalue weighted by Crippen LogP contribution is -2.49. The molecule has 1 atom stereocenters. The molecule has 0 radical (unpaired) electrons. The first kappa shape index (κ1) is 15.4. The molecule has 26 heavy (non-hydrogen) atoms. The molecule has 1 aliphatic heterocycles. The van der Waals surface area contributed by atoms with Gasteiger partial charge >= 0.3 is 0 Å². The Bertz CT molecular complexity index is 974. The van der Waals surface area contributed by atoms with Gasteiger partial charge in [-0.05, 0) is 37.5 Å². The minimum atomic E-state index is -0.104. The number of hydrogen-bond acceptors (Lipinski definition) is 4. The predicted molar refractivity (Wildman–Crippen MR) is 96.9 cm³/mol. The number of nitrogens with zero attached hydrogens (tertiary/aromatic N) is 1. The van der Waals surface area contributed by atoms with Crippen molar-refractivity contribution >= 4 is 16.9 Å². The first-order valence-electron chi connectivity index (χ1n) is 9.13. The lowest BCUT2D eigenvalue weighted by molar-refractivity contribution is -0.122. The highest BCUT2D eigenvalue weighted by Crippen LogP contribution is 2.48. The molecule has 0 bridgehead atoms. The van der Waals surface area contributed by atoms with Gasteiger partial charge in [0, 0.05) is 17.4 Å². The molecule has 5 nitrogen and oxygen atoms in total. The molecule has 1 aliphatic carbocycles. The van der Waals surface area contributed by atoms with Crippen molar-refractivity contribution in [2.75, 3.05) is 0 Å². The van der Waals surface area contributed by atoms with Crippen molar-refractivity contribution in [2.45, 2.75) is 43.7 Å². The van der Waals surface area contributed by atoms with Gasteiger partial charge in [-0.15, -0.1) is 0 Å². The number of hydrogen-bond donors (Lipinski definition) is 1. The van der Waals surface area contributed by atoms with Crippen LogP contribution in [0.5, 0.6) is 5.75 Å². The van der Waals surface area contributed by atoms with Crippen LogP contribution in [-0.4, -0.2) is 16.7 Å². The lowest BCUT2D eigenvalue weighted by Gasteiger charge is -2.48. The van der Waals surface area contributed by atoms with Crippen LogP contribution in [0.2, 0.25) is 0 Å². The van der Waals surface area contributed by atoms with Gasteiger partial charge in [0.05, 0.1) is 12.5 Å². The van der Waals surface area contributed by atoms with E-state index in [-0.39, 0.29) is 24.0 Å². The highest BCUT2D eigenvalue weighted by atomic mass is 16.5. The summed E-state index contributed by atoms with van der Waals surface area (Å²) in [5.41, 5.74) is 2.34. The Labute approximate surface area is 151 Å². The zero-order valence-electron chi connectivity index (χ0n) is 14.4. The van der Waals surface area contributed by atoms with Crippen molar-refractivity contribution in [3.63, 3.8) is 0 Å². The van der Waals surface area contributed by atoms with Crippen LogP contribution < -0.4 is 10.1 Å². The predicted octanol–water partition coefficient (Wildman–Crippen LogP) is 3.93. The molecule has 1 spiro atoms. The molecule has 1 saturated carbocycles. The number of carbonyl (C=O) groups excluding carboxylic acids is 1. The van der Waals surface area contributed by atoms with E-state index in [1.807, 2.05) is 48.5 Å². The van der Waals surface area contributed by atoms with E-state index in [2.05, 4.69) is 10.5 Å². The molecule has 2 aliphatic rings. The maximum Gasteiger partial charge on any atom is 0.226 e. The van der Waals surface area contributed by atoms with Crippen molar-refractivity contribution in [3.05, 3.63) is 59.8 Å². The Morgan fingerprint density at radius 1 is 1.15 bits per heavy atom. The first-order valence-corrected chi connectivity index (χ1v) is 9.13. The monoisotopic (exact) mass is 348 g/mol. The molecule has 1 N–H and O–H groups in total. The van der Waals surface area contributed by atoms with Gasteiger partial charge in [-0.25, -0.2) is 0 Å². The van der Waals surface area contributed by atoms with Gasteiger partial charge < -0.3 is 14.6 Å². The molecule has 1 amide bonds. The molecule has 5 rings (SSSR count). The van der Waals surface area contributed by atoms with E-state index in [1.165, 1.54) is 6.42 Å². The number of para-hydroxylation sites is 2. The number of fused-ring (bicyclic) bond motifs is 2. The number of aromatic nitrogens is 1. The van der Waals surface area contributed by atoms with Gasteiger partial charge in [-0.2, -0.15) is 0 Å². The van der Waals surface area contributed by atoms with E-state index < -0.39 is 0 Å². The fraction of sp³-hybridized carbons (Fsp3) is 0.333. The molecule has 1 fully saturated rings. The van der Waals surface area contributed by atoms with Crippen molar-refractivity contribution < 1.29 is 14.1 Å². The van der Waals surface area contributed by atoms with Gasteiger partial charge in [0.1, 0.15) is 17.0 Å². The summed E-state index contributed by atoms with van der Waals surface area (Å²) in [4.78, 5) is 12.7. The average molecular weight is 348 g/mol. The number of rotatable bonds is 3. The summed E-state index contributed by atoms with van der Waals surface area (Å²) in [6, 6.07) is 15.6. The third kappa shape index (κ3) is 2.55. The molecular formula is C21H20N2O3. The number of nitrogens with one attached hydrogen (secondary N) is 1. The molecule has 5 heteroatoms. The van der Waals surface area contributed by atoms with E-state index in [0.29, 0.717) is 11.3 Å². The summed E-state index contributed by atoms with van der Waals surface area (Å²) >= 11 is 0. The number of amides is 1. The Morgan fingerprint density at radius 3 is 2.81 bits per heavy atom. The summed E-state index contributed by atoms with van der Waals surface area (Å²) in [7, 11) is 0.